The topological polar surface area (TPSA) is 524 Å². The van der Waals surface area contributed by atoms with E-state index in [-0.39, 0.29) is 134 Å². The van der Waals surface area contributed by atoms with Crippen molar-refractivity contribution < 1.29 is 90.9 Å². The average molecular weight is 1590 g/mol. The minimum atomic E-state index is -1.14. The highest BCUT2D eigenvalue weighted by atomic mass is 16.5. The first-order valence-corrected chi connectivity index (χ1v) is 37.6. The Morgan fingerprint density at radius 1 is 0.336 bits per heavy atom. The molecular formula is C86H95N11O19. The number of carbonyl (C=O) groups excluding carboxylic acids is 12. The van der Waals surface area contributed by atoms with E-state index in [1.165, 1.54) is 6.92 Å². The predicted octanol–water partition coefficient (Wildman–Crippen LogP) is 9.11. The van der Waals surface area contributed by atoms with E-state index in [2.05, 4.69) is 31.4 Å². The monoisotopic (exact) mass is 1590 g/mol. The van der Waals surface area contributed by atoms with Crippen LogP contribution in [0.1, 0.15) is 134 Å². The first-order valence-electron chi connectivity index (χ1n) is 37.6. The van der Waals surface area contributed by atoms with Gasteiger partial charge in [0.15, 0.2) is 17.3 Å². The summed E-state index contributed by atoms with van der Waals surface area (Å²) in [5.74, 6) is -9.47. The highest BCUT2D eigenvalue weighted by molar-refractivity contribution is 5.95. The van der Waals surface area contributed by atoms with Crippen LogP contribution >= 0.6 is 0 Å². The van der Waals surface area contributed by atoms with E-state index in [9.17, 15) is 67.1 Å². The molecule has 0 saturated heterocycles. The molecule has 0 bridgehead atoms. The number of carboxylic acids is 2. The van der Waals surface area contributed by atoms with E-state index in [1.807, 2.05) is 164 Å². The van der Waals surface area contributed by atoms with Gasteiger partial charge in [0.2, 0.25) is 47.3 Å². The summed E-state index contributed by atoms with van der Waals surface area (Å²) in [5, 5.41) is 38.1. The number of primary amides is 5. The maximum atomic E-state index is 12.9. The van der Waals surface area contributed by atoms with Crippen molar-refractivity contribution >= 4 is 82.3 Å². The van der Waals surface area contributed by atoms with E-state index in [0.717, 1.165) is 50.1 Å². The fraction of sp³-hybridized carbons (Fsp3) is 0.314. The minimum Gasteiger partial charge on any atom is -0.481 e. The number of carboxylic acid groups (broad SMARTS) is 2. The smallest absolute Gasteiger partial charge is 0.303 e. The van der Waals surface area contributed by atoms with E-state index in [4.69, 9.17) is 52.5 Å². The van der Waals surface area contributed by atoms with Gasteiger partial charge in [-0.05, 0) is 72.4 Å². The molecule has 3 aromatic heterocycles. The van der Waals surface area contributed by atoms with E-state index in [0.29, 0.717) is 34.4 Å². The molecule has 0 radical (unpaired) electrons. The Hall–Kier alpha value is -13.7. The molecule has 3 heterocycles. The zero-order valence-corrected chi connectivity index (χ0v) is 64.3. The number of aromatic nitrogens is 3. The summed E-state index contributed by atoms with van der Waals surface area (Å²) in [6.07, 6.45) is -1.28. The number of Topliss-reactive ketones (excluding diaryl/α,β-unsaturated/α-hetero) is 4. The lowest BCUT2D eigenvalue weighted by Gasteiger charge is -2.19. The molecule has 0 aliphatic rings. The summed E-state index contributed by atoms with van der Waals surface area (Å²) >= 11 is 0. The standard InChI is InChI=1S/C29H33N5O6.C29H32N4O7.C28H30N2O6/c30-26(36)13-10-21(29(32)39)16-25(35)23(12-14-27(31)37)33-28(38)15-11-22-17-24(34-40-22)20-8-6-19(7-9-20)18-4-2-1-3-5-18;30-26(35)13-10-21(29(31)39)16-25(34)23(12-15-28(37)38)32-27(36)14-11-22-17-24(33-40-22)20-8-6-19(7-9-20)18-4-2-1-3-5-18;1-18(19(2)31)16-26(32)24(13-15-28(34)35)29-27(33)14-12-23-17-25(30-36-23)22-10-8-21(9-11-22)20-6-4-3-5-7-20/h1-9,17,21,23H,10-16H2,(H2,30,36)(H2,31,37)(H2,32,39)(H,33,38);1-9,17,21,23H,10-16H2,(H2,30,35)(H2,31,39)(H,32,36)(H,37,38);3-11,17-18,24H,12-16H2,1-2H3,(H,29,33)(H,34,35)/t2*21-,23+;18-,24+/m111/s1. The third kappa shape index (κ3) is 30.8. The molecule has 0 unspecified atom stereocenters. The number of nitrogens with zero attached hydrogens (tertiary/aromatic N) is 3. The van der Waals surface area contributed by atoms with Gasteiger partial charge < -0.3 is 68.4 Å². The number of aryl methyl sites for hydroxylation is 3. The number of hydrogen-bond donors (Lipinski definition) is 10. The van der Waals surface area contributed by atoms with Crippen LogP contribution in [0.5, 0.6) is 0 Å². The van der Waals surface area contributed by atoms with Gasteiger partial charge in [-0.2, -0.15) is 0 Å². The molecule has 8 amide bonds. The van der Waals surface area contributed by atoms with Crippen molar-refractivity contribution in [1.82, 2.24) is 31.4 Å². The minimum absolute atomic E-state index is 0.00962. The van der Waals surface area contributed by atoms with Crippen molar-refractivity contribution in [2.75, 3.05) is 0 Å². The van der Waals surface area contributed by atoms with Crippen molar-refractivity contribution in [3.63, 3.8) is 0 Å². The molecule has 9 aromatic rings. The van der Waals surface area contributed by atoms with Crippen molar-refractivity contribution in [3.8, 4) is 67.2 Å². The van der Waals surface area contributed by atoms with Crippen LogP contribution in [0.15, 0.2) is 196 Å². The van der Waals surface area contributed by atoms with E-state index in [1.54, 1.807) is 25.1 Å². The second kappa shape index (κ2) is 45.7. The lowest BCUT2D eigenvalue weighted by Crippen LogP contribution is -2.43. The molecule has 6 aromatic carbocycles. The van der Waals surface area contributed by atoms with Gasteiger partial charge in [-0.1, -0.05) is 186 Å². The summed E-state index contributed by atoms with van der Waals surface area (Å²) in [5.41, 5.74) is 37.2. The lowest BCUT2D eigenvalue weighted by molar-refractivity contribution is -0.139. The molecular weight excluding hydrogens is 1490 g/mol. The third-order valence-corrected chi connectivity index (χ3v) is 18.9. The largest absolute Gasteiger partial charge is 0.481 e. The fourth-order valence-corrected chi connectivity index (χ4v) is 12.0. The second-order valence-electron chi connectivity index (χ2n) is 27.8. The molecule has 30 heteroatoms. The quantitative estimate of drug-likeness (QED) is 0.0170. The molecule has 116 heavy (non-hydrogen) atoms. The fourth-order valence-electron chi connectivity index (χ4n) is 12.0. The van der Waals surface area contributed by atoms with Crippen LogP contribution in [0, 0.1) is 17.8 Å². The first kappa shape index (κ1) is 89.5. The average Bonchev–Trinajstić information content (AvgIpc) is 1.73. The van der Waals surface area contributed by atoms with E-state index < -0.39 is 107 Å². The van der Waals surface area contributed by atoms with Gasteiger partial charge in [0, 0.05) is 143 Å². The van der Waals surface area contributed by atoms with Gasteiger partial charge in [-0.15, -0.1) is 0 Å². The maximum absolute atomic E-state index is 12.9. The number of carbonyl (C=O) groups is 14. The first-order chi connectivity index (χ1) is 55.5. The molecule has 608 valence electrons. The number of hydrogen-bond acceptors (Lipinski definition) is 20. The number of aliphatic carboxylic acids is 2. The number of amides is 8. The van der Waals surface area contributed by atoms with Gasteiger partial charge in [0.05, 0.1) is 18.1 Å². The summed E-state index contributed by atoms with van der Waals surface area (Å²) in [4.78, 5) is 167. The van der Waals surface area contributed by atoms with Crippen molar-refractivity contribution in [2.24, 2.45) is 46.4 Å². The Morgan fingerprint density at radius 3 is 0.845 bits per heavy atom. The molecule has 0 spiro atoms. The van der Waals surface area contributed by atoms with Gasteiger partial charge in [0.1, 0.15) is 40.1 Å². The Labute approximate surface area is 668 Å². The molecule has 0 fully saturated rings. The number of nitrogens with two attached hydrogens (primary N) is 5. The molecule has 9 rings (SSSR count). The number of rotatable bonds is 45. The highest BCUT2D eigenvalue weighted by Crippen LogP contribution is 2.29. The SMILES string of the molecule is CC(=O)[C@H](C)CC(=O)[C@H](CCC(=O)O)NC(=O)CCc1cc(-c2ccc(-c3ccccc3)cc2)no1.NC(=O)CC[C@H](CC(=O)[C@H](CCC(=O)O)NC(=O)CCc1cc(-c2ccc(-c3ccccc3)cc2)no1)C(N)=O.NC(=O)CC[C@H](CC(=O)[C@H](CCC(N)=O)NC(=O)CCc1cc(-c2ccc(-c3ccccc3)cc2)no1)C(N)=O. The zero-order chi connectivity index (χ0) is 84.2. The molecule has 15 N–H and O–H groups in total. The van der Waals surface area contributed by atoms with E-state index >= 15 is 0 Å². The van der Waals surface area contributed by atoms with Crippen LogP contribution in [0.2, 0.25) is 0 Å². The summed E-state index contributed by atoms with van der Waals surface area (Å²) in [7, 11) is 0. The van der Waals surface area contributed by atoms with Crippen LogP contribution in [-0.2, 0) is 86.4 Å². The van der Waals surface area contributed by atoms with Crippen molar-refractivity contribution in [3.05, 3.63) is 199 Å². The van der Waals surface area contributed by atoms with Crippen LogP contribution in [0.3, 0.4) is 0 Å². The maximum Gasteiger partial charge on any atom is 0.303 e. The number of ketones is 4. The number of nitrogens with one attached hydrogen (secondary N) is 3. The second-order valence-corrected chi connectivity index (χ2v) is 27.8. The van der Waals surface area contributed by atoms with Crippen LogP contribution in [-0.4, -0.2) is 126 Å². The Bertz CT molecular complexity index is 4630. The van der Waals surface area contributed by atoms with Gasteiger partial charge >= 0.3 is 11.9 Å². The van der Waals surface area contributed by atoms with Crippen molar-refractivity contribution in [2.45, 2.75) is 154 Å². The zero-order valence-electron chi connectivity index (χ0n) is 64.3. The summed E-state index contributed by atoms with van der Waals surface area (Å²) in [6, 6.07) is 55.7. The van der Waals surface area contributed by atoms with Crippen molar-refractivity contribution in [1.29, 1.82) is 0 Å². The molecule has 0 aliphatic heterocycles. The Morgan fingerprint density at radius 2 is 0.586 bits per heavy atom. The van der Waals surface area contributed by atoms with Crippen LogP contribution in [0.4, 0.5) is 0 Å². The summed E-state index contributed by atoms with van der Waals surface area (Å²) in [6.45, 7) is 3.03. The normalized spacial score (nSPS) is 12.4. The van der Waals surface area contributed by atoms with Gasteiger partial charge in [-0.25, -0.2) is 0 Å². The van der Waals surface area contributed by atoms with Gasteiger partial charge in [0.25, 0.3) is 0 Å². The summed E-state index contributed by atoms with van der Waals surface area (Å²) < 4.78 is 16.2. The Balaban J connectivity index is 0.000000241. The van der Waals surface area contributed by atoms with Crippen LogP contribution < -0.4 is 44.6 Å². The third-order valence-electron chi connectivity index (χ3n) is 18.9. The highest BCUT2D eigenvalue weighted by Gasteiger charge is 2.31. The molecule has 30 nitrogen and oxygen atoms in total. The predicted molar refractivity (Wildman–Crippen MR) is 426 cm³/mol. The van der Waals surface area contributed by atoms with Gasteiger partial charge in [-0.3, -0.25) is 67.1 Å². The number of benzene rings is 6. The molecule has 0 saturated carbocycles. The molecule has 6 atom stereocenters. The van der Waals surface area contributed by atoms with Crippen LogP contribution in [0.25, 0.3) is 67.2 Å². The Kier molecular flexibility index (Phi) is 35.3. The molecule has 0 aliphatic carbocycles. The lowest BCUT2D eigenvalue weighted by atomic mass is 9.92.